The van der Waals surface area contributed by atoms with Gasteiger partial charge in [-0.05, 0) is 57.6 Å². The van der Waals surface area contributed by atoms with Crippen LogP contribution in [-0.2, 0) is 17.4 Å². The highest BCUT2D eigenvalue weighted by Gasteiger charge is 2.35. The number of halogens is 4. The first-order valence-corrected chi connectivity index (χ1v) is 12.9. The number of nitrogens with zero attached hydrogens (tertiary/aromatic N) is 4. The van der Waals surface area contributed by atoms with Crippen LogP contribution in [0, 0.1) is 5.82 Å². The van der Waals surface area contributed by atoms with Crippen molar-refractivity contribution in [1.29, 1.82) is 0 Å². The van der Waals surface area contributed by atoms with E-state index in [0.29, 0.717) is 57.4 Å². The van der Waals surface area contributed by atoms with Crippen molar-refractivity contribution in [1.82, 2.24) is 14.9 Å². The van der Waals surface area contributed by atoms with Gasteiger partial charge in [-0.3, -0.25) is 4.79 Å². The van der Waals surface area contributed by atoms with Crippen molar-refractivity contribution in [2.45, 2.75) is 76.4 Å². The summed E-state index contributed by atoms with van der Waals surface area (Å²) in [5.41, 5.74) is 6.81. The zero-order valence-electron chi connectivity index (χ0n) is 21.6. The molecule has 1 aromatic heterocycles. The van der Waals surface area contributed by atoms with E-state index in [1.165, 1.54) is 5.56 Å². The minimum Gasteiger partial charge on any atom is -0.353 e. The average Bonchev–Trinajstić information content (AvgIpc) is 3.22. The molecule has 0 radical (unpaired) electrons. The molecule has 2 heterocycles. The number of fused-ring (bicyclic) bond motifs is 1. The highest BCUT2D eigenvalue weighted by Crippen LogP contribution is 2.38. The molecule has 10 heteroatoms. The highest BCUT2D eigenvalue weighted by molar-refractivity contribution is 5.84. The number of piperazine rings is 1. The zero-order valence-corrected chi connectivity index (χ0v) is 21.6. The summed E-state index contributed by atoms with van der Waals surface area (Å²) < 4.78 is 54.2. The molecule has 2 N–H and O–H groups in total. The van der Waals surface area contributed by atoms with Crippen molar-refractivity contribution in [3.05, 3.63) is 52.7 Å². The highest BCUT2D eigenvalue weighted by atomic mass is 19.4. The number of nitrogens with two attached hydrogens (primary N) is 1. The maximum absolute atomic E-state index is 14.9. The Balaban J connectivity index is 1.51. The van der Waals surface area contributed by atoms with E-state index in [1.54, 1.807) is 11.2 Å². The monoisotopic (exact) mass is 521 g/mol. The summed E-state index contributed by atoms with van der Waals surface area (Å²) in [6, 6.07) is 2.44. The molecule has 2 aliphatic rings. The van der Waals surface area contributed by atoms with Crippen LogP contribution in [0.4, 0.5) is 23.4 Å². The lowest BCUT2D eigenvalue weighted by molar-refractivity contribution is -0.137. The van der Waals surface area contributed by atoms with Gasteiger partial charge in [0.1, 0.15) is 18.0 Å². The summed E-state index contributed by atoms with van der Waals surface area (Å²) in [4.78, 5) is 26.4. The SMILES string of the molecule is CC1CCc2ncnc(N3CCN(C(=O)C(CCCC(C)(C)N)c4ccc(C(F)(F)F)cc4F)CC3)c21. The number of rotatable bonds is 7. The first-order chi connectivity index (χ1) is 17.3. The summed E-state index contributed by atoms with van der Waals surface area (Å²) in [6.07, 6.45) is 0.363. The van der Waals surface area contributed by atoms with E-state index < -0.39 is 29.0 Å². The van der Waals surface area contributed by atoms with Gasteiger partial charge in [-0.25, -0.2) is 14.4 Å². The summed E-state index contributed by atoms with van der Waals surface area (Å²) in [5.74, 6) is -0.861. The van der Waals surface area contributed by atoms with Crippen LogP contribution in [0.5, 0.6) is 0 Å². The van der Waals surface area contributed by atoms with Gasteiger partial charge in [0.25, 0.3) is 0 Å². The van der Waals surface area contributed by atoms with Gasteiger partial charge in [0.2, 0.25) is 5.91 Å². The second-order valence-electron chi connectivity index (χ2n) is 11.0. The molecule has 4 rings (SSSR count). The zero-order chi connectivity index (χ0) is 27.0. The molecular weight excluding hydrogens is 486 g/mol. The van der Waals surface area contributed by atoms with Crippen LogP contribution < -0.4 is 10.6 Å². The Morgan fingerprint density at radius 3 is 2.49 bits per heavy atom. The largest absolute Gasteiger partial charge is 0.416 e. The molecule has 1 aliphatic carbocycles. The number of amides is 1. The van der Waals surface area contributed by atoms with E-state index in [2.05, 4.69) is 21.8 Å². The topological polar surface area (TPSA) is 75.4 Å². The van der Waals surface area contributed by atoms with Crippen LogP contribution >= 0.6 is 0 Å². The molecule has 202 valence electrons. The number of hydrogen-bond acceptors (Lipinski definition) is 5. The lowest BCUT2D eigenvalue weighted by Crippen LogP contribution is -2.50. The minimum atomic E-state index is -4.66. The van der Waals surface area contributed by atoms with E-state index in [4.69, 9.17) is 5.73 Å². The standard InChI is InChI=1S/C27H35F4N5O/c1-17-6-9-22-23(17)24(34-16-33-22)35-11-13-36(14-12-35)25(37)20(5-4-10-26(2,3)32)19-8-7-18(15-21(19)28)27(29,30)31/h7-8,15-17,20H,4-6,9-14,32H2,1-3H3. The fraction of sp³-hybridized carbons (Fsp3) is 0.593. The summed E-state index contributed by atoms with van der Waals surface area (Å²) >= 11 is 0. The lowest BCUT2D eigenvalue weighted by Gasteiger charge is -2.38. The summed E-state index contributed by atoms with van der Waals surface area (Å²) in [6.45, 7) is 7.89. The molecule has 0 bridgehead atoms. The van der Waals surface area contributed by atoms with E-state index in [-0.39, 0.29) is 11.5 Å². The van der Waals surface area contributed by atoms with Crippen molar-refractivity contribution < 1.29 is 22.4 Å². The molecule has 1 fully saturated rings. The maximum atomic E-state index is 14.9. The van der Waals surface area contributed by atoms with Gasteiger partial charge in [0, 0.05) is 48.5 Å². The third-order valence-electron chi connectivity index (χ3n) is 7.46. The van der Waals surface area contributed by atoms with Gasteiger partial charge in [0.05, 0.1) is 11.5 Å². The quantitative estimate of drug-likeness (QED) is 0.518. The first-order valence-electron chi connectivity index (χ1n) is 12.9. The molecule has 2 unspecified atom stereocenters. The second kappa shape index (κ2) is 10.6. The Labute approximate surface area is 215 Å². The van der Waals surface area contributed by atoms with Gasteiger partial charge in [-0.15, -0.1) is 0 Å². The van der Waals surface area contributed by atoms with Crippen LogP contribution in [0.1, 0.15) is 80.7 Å². The number of benzene rings is 1. The molecular formula is C27H35F4N5O. The van der Waals surface area contributed by atoms with Crippen LogP contribution in [-0.4, -0.2) is 52.5 Å². The van der Waals surface area contributed by atoms with Crippen molar-refractivity contribution in [2.24, 2.45) is 5.73 Å². The Morgan fingerprint density at radius 2 is 1.86 bits per heavy atom. The van der Waals surface area contributed by atoms with Crippen molar-refractivity contribution in [3.63, 3.8) is 0 Å². The van der Waals surface area contributed by atoms with E-state index in [1.807, 2.05) is 13.8 Å². The van der Waals surface area contributed by atoms with E-state index >= 15 is 0 Å². The number of aromatic nitrogens is 2. The van der Waals surface area contributed by atoms with Gasteiger partial charge in [0.15, 0.2) is 0 Å². The molecule has 2 aromatic rings. The fourth-order valence-corrected chi connectivity index (χ4v) is 5.39. The van der Waals surface area contributed by atoms with Crippen LogP contribution in [0.15, 0.2) is 24.5 Å². The van der Waals surface area contributed by atoms with E-state index in [9.17, 15) is 22.4 Å². The van der Waals surface area contributed by atoms with Crippen LogP contribution in [0.25, 0.3) is 0 Å². The smallest absolute Gasteiger partial charge is 0.353 e. The van der Waals surface area contributed by atoms with Gasteiger partial charge in [-0.2, -0.15) is 13.2 Å². The third kappa shape index (κ3) is 6.22. The maximum Gasteiger partial charge on any atom is 0.416 e. The normalized spacial score (nSPS) is 19.2. The molecule has 0 spiro atoms. The number of hydrogen-bond donors (Lipinski definition) is 1. The Bertz CT molecular complexity index is 1120. The first kappa shape index (κ1) is 27.3. The Morgan fingerprint density at radius 1 is 1.16 bits per heavy atom. The van der Waals surface area contributed by atoms with Crippen LogP contribution in [0.2, 0.25) is 0 Å². The van der Waals surface area contributed by atoms with Gasteiger partial charge >= 0.3 is 6.18 Å². The number of carbonyl (C=O) groups excluding carboxylic acids is 1. The van der Waals surface area contributed by atoms with Crippen molar-refractivity contribution >= 4 is 11.7 Å². The van der Waals surface area contributed by atoms with E-state index in [0.717, 1.165) is 36.5 Å². The third-order valence-corrected chi connectivity index (χ3v) is 7.46. The van der Waals surface area contributed by atoms with Crippen molar-refractivity contribution in [2.75, 3.05) is 31.1 Å². The second-order valence-corrected chi connectivity index (χ2v) is 11.0. The van der Waals surface area contributed by atoms with Crippen molar-refractivity contribution in [3.8, 4) is 0 Å². The predicted molar refractivity (Wildman–Crippen MR) is 134 cm³/mol. The minimum absolute atomic E-state index is 0.00213. The number of alkyl halides is 3. The number of anilines is 1. The molecule has 2 atom stereocenters. The van der Waals surface area contributed by atoms with Gasteiger partial charge < -0.3 is 15.5 Å². The molecule has 1 saturated heterocycles. The fourth-order valence-electron chi connectivity index (χ4n) is 5.39. The van der Waals surface area contributed by atoms with Gasteiger partial charge in [-0.1, -0.05) is 19.4 Å². The molecule has 0 saturated carbocycles. The Kier molecular flexibility index (Phi) is 7.78. The Hall–Kier alpha value is -2.75. The summed E-state index contributed by atoms with van der Waals surface area (Å²) in [7, 11) is 0. The molecule has 1 aromatic carbocycles. The lowest BCUT2D eigenvalue weighted by atomic mass is 9.88. The molecule has 37 heavy (non-hydrogen) atoms. The predicted octanol–water partition coefficient (Wildman–Crippen LogP) is 5.02. The molecule has 1 aliphatic heterocycles. The number of aryl methyl sites for hydroxylation is 1. The molecule has 6 nitrogen and oxygen atoms in total. The number of carbonyl (C=O) groups is 1. The summed E-state index contributed by atoms with van der Waals surface area (Å²) in [5, 5.41) is 0. The van der Waals surface area contributed by atoms with Crippen LogP contribution in [0.3, 0.4) is 0 Å². The average molecular weight is 522 g/mol. The molecule has 1 amide bonds.